The van der Waals surface area contributed by atoms with E-state index in [0.717, 1.165) is 12.2 Å². The molecule has 1 aromatic rings. The molecule has 2 rings (SSSR count). The number of nitrogens with two attached hydrogens (primary N) is 1. The van der Waals surface area contributed by atoms with E-state index in [1.54, 1.807) is 14.2 Å². The maximum Gasteiger partial charge on any atom is 0.193 e. The van der Waals surface area contributed by atoms with Gasteiger partial charge < -0.3 is 25.4 Å². The summed E-state index contributed by atoms with van der Waals surface area (Å²) in [6.45, 7) is 1.62. The van der Waals surface area contributed by atoms with Gasteiger partial charge in [0.1, 0.15) is 0 Å². The fourth-order valence-corrected chi connectivity index (χ4v) is 2.96. The smallest absolute Gasteiger partial charge is 0.193 e. The lowest BCUT2D eigenvalue weighted by Crippen LogP contribution is -2.32. The van der Waals surface area contributed by atoms with Gasteiger partial charge in [0.05, 0.1) is 20.8 Å². The van der Waals surface area contributed by atoms with Crippen LogP contribution in [0.3, 0.4) is 0 Å². The van der Waals surface area contributed by atoms with Gasteiger partial charge in [-0.1, -0.05) is 12.8 Å². The summed E-state index contributed by atoms with van der Waals surface area (Å²) in [5, 5.41) is 3.08. The van der Waals surface area contributed by atoms with Gasteiger partial charge in [0.25, 0.3) is 0 Å². The van der Waals surface area contributed by atoms with Crippen LogP contribution < -0.4 is 20.5 Å². The van der Waals surface area contributed by atoms with E-state index in [1.807, 2.05) is 18.2 Å². The number of ether oxygens (including phenoxy) is 2. The molecule has 0 aliphatic heterocycles. The lowest BCUT2D eigenvalue weighted by atomic mass is 10.2. The normalized spacial score (nSPS) is 15.9. The first kappa shape index (κ1) is 17.4. The number of hydrogen-bond donors (Lipinski definition) is 2. The number of methoxy groups -OCH3 is 2. The van der Waals surface area contributed by atoms with E-state index >= 15 is 0 Å². The number of nitrogens with zero attached hydrogens (tertiary/aromatic N) is 2. The van der Waals surface area contributed by atoms with Crippen molar-refractivity contribution in [3.63, 3.8) is 0 Å². The number of hydrogen-bond acceptors (Lipinski definition) is 4. The SMILES string of the molecule is COc1ccc(NC(N)=NCCN(C)C2CCCC2)cc1OC. The molecule has 0 heterocycles. The Morgan fingerprint density at radius 2 is 1.96 bits per heavy atom. The summed E-state index contributed by atoms with van der Waals surface area (Å²) in [5.41, 5.74) is 6.78. The number of nitrogens with one attached hydrogen (secondary N) is 1. The molecule has 6 nitrogen and oxygen atoms in total. The van der Waals surface area contributed by atoms with E-state index in [2.05, 4.69) is 22.3 Å². The van der Waals surface area contributed by atoms with Crippen molar-refractivity contribution in [1.82, 2.24) is 4.90 Å². The van der Waals surface area contributed by atoms with E-state index in [0.29, 0.717) is 30.0 Å². The number of benzene rings is 1. The van der Waals surface area contributed by atoms with Crippen LogP contribution in [0.4, 0.5) is 5.69 Å². The molecular formula is C17H28N4O2. The van der Waals surface area contributed by atoms with Crippen LogP contribution in [0.2, 0.25) is 0 Å². The summed E-state index contributed by atoms with van der Waals surface area (Å²) >= 11 is 0. The molecule has 1 aliphatic rings. The van der Waals surface area contributed by atoms with Crippen LogP contribution in [0.5, 0.6) is 11.5 Å². The monoisotopic (exact) mass is 320 g/mol. The fourth-order valence-electron chi connectivity index (χ4n) is 2.96. The van der Waals surface area contributed by atoms with Gasteiger partial charge >= 0.3 is 0 Å². The minimum Gasteiger partial charge on any atom is -0.493 e. The van der Waals surface area contributed by atoms with Crippen molar-refractivity contribution in [1.29, 1.82) is 0 Å². The van der Waals surface area contributed by atoms with Crippen LogP contribution in [0.1, 0.15) is 25.7 Å². The third-order valence-electron chi connectivity index (χ3n) is 4.34. The molecular weight excluding hydrogens is 292 g/mol. The van der Waals surface area contributed by atoms with E-state index < -0.39 is 0 Å². The van der Waals surface area contributed by atoms with Gasteiger partial charge in [-0.05, 0) is 32.0 Å². The molecule has 0 saturated heterocycles. The topological polar surface area (TPSA) is 72.1 Å². The standard InChI is InChI=1S/C17H28N4O2/c1-21(14-6-4-5-7-14)11-10-19-17(18)20-13-8-9-15(22-2)16(12-13)23-3/h8-9,12,14H,4-7,10-11H2,1-3H3,(H3,18,19,20). The first-order valence-electron chi connectivity index (χ1n) is 8.13. The summed E-state index contributed by atoms with van der Waals surface area (Å²) in [5.74, 6) is 1.76. The summed E-state index contributed by atoms with van der Waals surface area (Å²) in [6, 6.07) is 6.27. The zero-order chi connectivity index (χ0) is 16.7. The van der Waals surface area contributed by atoms with E-state index in [-0.39, 0.29) is 0 Å². The van der Waals surface area contributed by atoms with Crippen LogP contribution in [0, 0.1) is 0 Å². The molecule has 3 N–H and O–H groups in total. The average molecular weight is 320 g/mol. The van der Waals surface area contributed by atoms with Crippen molar-refractivity contribution in [2.24, 2.45) is 10.7 Å². The van der Waals surface area contributed by atoms with Gasteiger partial charge in [0.2, 0.25) is 0 Å². The van der Waals surface area contributed by atoms with Crippen molar-refractivity contribution in [2.75, 3.05) is 39.7 Å². The molecule has 1 fully saturated rings. The molecule has 1 aromatic carbocycles. The van der Waals surface area contributed by atoms with Gasteiger partial charge in [0, 0.05) is 24.3 Å². The van der Waals surface area contributed by atoms with Crippen molar-refractivity contribution in [2.45, 2.75) is 31.7 Å². The van der Waals surface area contributed by atoms with Crippen molar-refractivity contribution < 1.29 is 9.47 Å². The number of aliphatic imine (C=N–C) groups is 1. The highest BCUT2D eigenvalue weighted by Gasteiger charge is 2.18. The molecule has 0 aromatic heterocycles. The molecule has 23 heavy (non-hydrogen) atoms. The lowest BCUT2D eigenvalue weighted by Gasteiger charge is -2.22. The third-order valence-corrected chi connectivity index (χ3v) is 4.34. The van der Waals surface area contributed by atoms with Crippen LogP contribution in [0.15, 0.2) is 23.2 Å². The Morgan fingerprint density at radius 3 is 2.61 bits per heavy atom. The van der Waals surface area contributed by atoms with E-state index in [9.17, 15) is 0 Å². The Hall–Kier alpha value is -1.95. The maximum atomic E-state index is 5.96. The summed E-state index contributed by atoms with van der Waals surface area (Å²) < 4.78 is 10.5. The van der Waals surface area contributed by atoms with Gasteiger partial charge in [-0.15, -0.1) is 0 Å². The number of guanidine groups is 1. The fraction of sp³-hybridized carbons (Fsp3) is 0.588. The highest BCUT2D eigenvalue weighted by molar-refractivity contribution is 5.92. The summed E-state index contributed by atoms with van der Waals surface area (Å²) in [7, 11) is 5.39. The quantitative estimate of drug-likeness (QED) is 0.596. The lowest BCUT2D eigenvalue weighted by molar-refractivity contribution is 0.252. The second-order valence-corrected chi connectivity index (χ2v) is 5.88. The Bertz CT molecular complexity index is 527. The Kier molecular flexibility index (Phi) is 6.52. The third kappa shape index (κ3) is 5.03. The van der Waals surface area contributed by atoms with Crippen molar-refractivity contribution in [3.8, 4) is 11.5 Å². The summed E-state index contributed by atoms with van der Waals surface area (Å²) in [6.07, 6.45) is 5.31. The Morgan fingerprint density at radius 1 is 1.26 bits per heavy atom. The molecule has 6 heteroatoms. The van der Waals surface area contributed by atoms with Crippen LogP contribution >= 0.6 is 0 Å². The molecule has 0 atom stereocenters. The second kappa shape index (κ2) is 8.62. The number of rotatable bonds is 7. The molecule has 1 aliphatic carbocycles. The minimum absolute atomic E-state index is 0.414. The minimum atomic E-state index is 0.414. The Labute approximate surface area is 138 Å². The largest absolute Gasteiger partial charge is 0.493 e. The molecule has 128 valence electrons. The molecule has 0 bridgehead atoms. The number of anilines is 1. The predicted molar refractivity (Wildman–Crippen MR) is 94.5 cm³/mol. The highest BCUT2D eigenvalue weighted by atomic mass is 16.5. The first-order chi connectivity index (χ1) is 11.1. The average Bonchev–Trinajstić information content (AvgIpc) is 3.09. The molecule has 0 unspecified atom stereocenters. The zero-order valence-corrected chi connectivity index (χ0v) is 14.3. The molecule has 0 spiro atoms. The van der Waals surface area contributed by atoms with Crippen LogP contribution in [-0.2, 0) is 0 Å². The zero-order valence-electron chi connectivity index (χ0n) is 14.3. The Balaban J connectivity index is 1.84. The number of likely N-dealkylation sites (N-methyl/N-ethyl adjacent to an activating group) is 1. The van der Waals surface area contributed by atoms with Gasteiger partial charge in [-0.25, -0.2) is 0 Å². The van der Waals surface area contributed by atoms with Crippen molar-refractivity contribution in [3.05, 3.63) is 18.2 Å². The van der Waals surface area contributed by atoms with Gasteiger partial charge in [-0.2, -0.15) is 0 Å². The molecule has 1 saturated carbocycles. The van der Waals surface area contributed by atoms with E-state index in [1.165, 1.54) is 25.7 Å². The van der Waals surface area contributed by atoms with Crippen LogP contribution in [-0.4, -0.2) is 51.3 Å². The first-order valence-corrected chi connectivity index (χ1v) is 8.13. The van der Waals surface area contributed by atoms with Crippen molar-refractivity contribution >= 4 is 11.6 Å². The molecule has 0 radical (unpaired) electrons. The van der Waals surface area contributed by atoms with Gasteiger partial charge in [-0.3, -0.25) is 4.99 Å². The summed E-state index contributed by atoms with van der Waals surface area (Å²) in [4.78, 5) is 6.79. The predicted octanol–water partition coefficient (Wildman–Crippen LogP) is 2.30. The maximum absolute atomic E-state index is 5.96. The molecule has 0 amide bonds. The second-order valence-electron chi connectivity index (χ2n) is 5.88. The van der Waals surface area contributed by atoms with Gasteiger partial charge in [0.15, 0.2) is 17.5 Å². The van der Waals surface area contributed by atoms with Crippen LogP contribution in [0.25, 0.3) is 0 Å². The highest BCUT2D eigenvalue weighted by Crippen LogP contribution is 2.29. The van der Waals surface area contributed by atoms with E-state index in [4.69, 9.17) is 15.2 Å².